The topological polar surface area (TPSA) is 82.3 Å². The molecule has 0 aliphatic carbocycles. The van der Waals surface area contributed by atoms with Crippen LogP contribution in [0.5, 0.6) is 0 Å². The van der Waals surface area contributed by atoms with E-state index in [0.29, 0.717) is 5.69 Å². The highest BCUT2D eigenvalue weighted by Crippen LogP contribution is 2.37. The van der Waals surface area contributed by atoms with E-state index in [1.54, 1.807) is 0 Å². The van der Waals surface area contributed by atoms with Crippen molar-refractivity contribution in [2.75, 3.05) is 0 Å². The van der Waals surface area contributed by atoms with Gasteiger partial charge in [0.15, 0.2) is 0 Å². The molecule has 0 radical (unpaired) electrons. The first-order chi connectivity index (χ1) is 10.7. The molecule has 0 saturated carbocycles. The number of aryl methyl sites for hydroxylation is 1. The second-order valence-corrected chi connectivity index (χ2v) is 5.49. The third-order valence-electron chi connectivity index (χ3n) is 2.77. The molecule has 0 aliphatic heterocycles. The minimum absolute atomic E-state index is 0.00639. The van der Waals surface area contributed by atoms with Crippen molar-refractivity contribution in [3.05, 3.63) is 51.5 Å². The number of nitrogens with two attached hydrogens (primary N) is 1. The molecule has 0 spiro atoms. The van der Waals surface area contributed by atoms with E-state index < -0.39 is 24.2 Å². The van der Waals surface area contributed by atoms with Crippen molar-refractivity contribution in [1.29, 1.82) is 0 Å². The fourth-order valence-electron chi connectivity index (χ4n) is 1.72. The smallest absolute Gasteiger partial charge is 0.432 e. The summed E-state index contributed by atoms with van der Waals surface area (Å²) in [5, 5.41) is 1.06. The number of amides is 1. The number of hydrogen-bond acceptors (Lipinski definition) is 5. The van der Waals surface area contributed by atoms with Gasteiger partial charge in [-0.15, -0.1) is 11.3 Å². The van der Waals surface area contributed by atoms with Crippen LogP contribution in [0.15, 0.2) is 29.6 Å². The van der Waals surface area contributed by atoms with E-state index in [4.69, 9.17) is 5.73 Å². The molecule has 2 rings (SSSR count). The number of ether oxygens (including phenoxy) is 1. The molecule has 1 heterocycles. The predicted octanol–water partition coefficient (Wildman–Crippen LogP) is 3.01. The van der Waals surface area contributed by atoms with Gasteiger partial charge in [0, 0.05) is 16.6 Å². The van der Waals surface area contributed by atoms with E-state index in [0.717, 1.165) is 17.4 Å². The number of thiazole rings is 1. The van der Waals surface area contributed by atoms with Gasteiger partial charge in [-0.05, 0) is 25.1 Å². The lowest BCUT2D eigenvalue weighted by Crippen LogP contribution is -2.26. The van der Waals surface area contributed by atoms with Crippen LogP contribution in [-0.4, -0.2) is 23.0 Å². The molecule has 122 valence electrons. The molecule has 9 heteroatoms. The highest BCUT2D eigenvalue weighted by molar-refractivity contribution is 7.09. The second kappa shape index (κ2) is 6.37. The molecule has 1 aromatic carbocycles. The Bertz CT molecular complexity index is 743. The van der Waals surface area contributed by atoms with Crippen LogP contribution >= 0.6 is 11.3 Å². The molecule has 2 N–H and O–H groups in total. The average molecular weight is 344 g/mol. The van der Waals surface area contributed by atoms with Gasteiger partial charge in [-0.25, -0.2) is 9.78 Å². The number of halogens is 3. The van der Waals surface area contributed by atoms with Crippen molar-refractivity contribution < 1.29 is 27.5 Å². The maximum absolute atomic E-state index is 13.1. The van der Waals surface area contributed by atoms with E-state index in [9.17, 15) is 22.8 Å². The number of nitrogens with zero attached hydrogens (tertiary/aromatic N) is 1. The maximum atomic E-state index is 13.1. The van der Waals surface area contributed by atoms with Crippen LogP contribution < -0.4 is 5.73 Å². The van der Waals surface area contributed by atoms with E-state index in [-0.39, 0.29) is 16.1 Å². The standard InChI is InChI=1S/C14H11F3N2O3S/c1-7-6-23-12(19-7)10(14(15,16)17)22-13(21)9-4-2-3-8(5-9)11(18)20/h2-6,10H,1H3,(H2,18,20)/t10-/m0/s1. The summed E-state index contributed by atoms with van der Waals surface area (Å²) >= 11 is 0.747. The largest absolute Gasteiger partial charge is 0.442 e. The zero-order valence-electron chi connectivity index (χ0n) is 11.8. The van der Waals surface area contributed by atoms with Crippen LogP contribution in [-0.2, 0) is 4.74 Å². The van der Waals surface area contributed by atoms with Crippen molar-refractivity contribution in [3.8, 4) is 0 Å². The van der Waals surface area contributed by atoms with Gasteiger partial charge < -0.3 is 10.5 Å². The Hall–Kier alpha value is -2.42. The van der Waals surface area contributed by atoms with Gasteiger partial charge in [0.25, 0.3) is 0 Å². The minimum atomic E-state index is -4.80. The summed E-state index contributed by atoms with van der Waals surface area (Å²) in [6, 6.07) is 4.97. The third kappa shape index (κ3) is 4.07. The lowest BCUT2D eigenvalue weighted by molar-refractivity contribution is -0.207. The number of primary amides is 1. The molecule has 1 atom stereocenters. The first-order valence-electron chi connectivity index (χ1n) is 6.28. The van der Waals surface area contributed by atoms with E-state index in [1.165, 1.54) is 30.5 Å². The van der Waals surface area contributed by atoms with Crippen molar-refractivity contribution in [2.24, 2.45) is 5.73 Å². The van der Waals surface area contributed by atoms with Gasteiger partial charge >= 0.3 is 12.1 Å². The first kappa shape index (κ1) is 16.9. The van der Waals surface area contributed by atoms with E-state index in [1.807, 2.05) is 0 Å². The van der Waals surface area contributed by atoms with Crippen LogP contribution in [0.25, 0.3) is 0 Å². The summed E-state index contributed by atoms with van der Waals surface area (Å²) in [6.45, 7) is 1.53. The van der Waals surface area contributed by atoms with Crippen LogP contribution in [0.2, 0.25) is 0 Å². The number of carbonyl (C=O) groups excluding carboxylic acids is 2. The summed E-state index contributed by atoms with van der Waals surface area (Å²) in [6.07, 6.45) is -7.27. The maximum Gasteiger partial charge on any atom is 0.432 e. The Morgan fingerprint density at radius 3 is 2.48 bits per heavy atom. The summed E-state index contributed by atoms with van der Waals surface area (Å²) in [5.74, 6) is -2.02. The number of esters is 1. The molecule has 0 bridgehead atoms. The van der Waals surface area contributed by atoms with Gasteiger partial charge in [-0.3, -0.25) is 4.79 Å². The second-order valence-electron chi connectivity index (χ2n) is 4.60. The predicted molar refractivity (Wildman–Crippen MR) is 76.0 cm³/mol. The average Bonchev–Trinajstić information content (AvgIpc) is 2.89. The van der Waals surface area contributed by atoms with E-state index in [2.05, 4.69) is 9.72 Å². The normalized spacial score (nSPS) is 12.7. The Morgan fingerprint density at radius 1 is 1.30 bits per heavy atom. The fourth-order valence-corrected chi connectivity index (χ4v) is 2.57. The molecule has 0 unspecified atom stereocenters. The van der Waals surface area contributed by atoms with Crippen molar-refractivity contribution in [2.45, 2.75) is 19.2 Å². The van der Waals surface area contributed by atoms with Gasteiger partial charge in [-0.1, -0.05) is 6.07 Å². The highest BCUT2D eigenvalue weighted by Gasteiger charge is 2.46. The fraction of sp³-hybridized carbons (Fsp3) is 0.214. The summed E-state index contributed by atoms with van der Waals surface area (Å²) < 4.78 is 43.9. The Kier molecular flexibility index (Phi) is 4.69. The number of aromatic nitrogens is 1. The molecular weight excluding hydrogens is 333 g/mol. The number of rotatable bonds is 4. The molecule has 1 amide bonds. The quantitative estimate of drug-likeness (QED) is 0.865. The lowest BCUT2D eigenvalue weighted by Gasteiger charge is -2.18. The van der Waals surface area contributed by atoms with E-state index >= 15 is 0 Å². The van der Waals surface area contributed by atoms with Crippen LogP contribution in [0.4, 0.5) is 13.2 Å². The zero-order valence-corrected chi connectivity index (χ0v) is 12.6. The lowest BCUT2D eigenvalue weighted by atomic mass is 10.1. The zero-order chi connectivity index (χ0) is 17.2. The molecule has 5 nitrogen and oxygen atoms in total. The number of benzene rings is 1. The monoisotopic (exact) mass is 344 g/mol. The molecule has 0 saturated heterocycles. The number of carbonyl (C=O) groups is 2. The van der Waals surface area contributed by atoms with Gasteiger partial charge in [-0.2, -0.15) is 13.2 Å². The molecule has 1 aromatic heterocycles. The Balaban J connectivity index is 2.28. The van der Waals surface area contributed by atoms with Crippen LogP contribution in [0.3, 0.4) is 0 Å². The molecule has 23 heavy (non-hydrogen) atoms. The first-order valence-corrected chi connectivity index (χ1v) is 7.16. The number of hydrogen-bond donors (Lipinski definition) is 1. The van der Waals surface area contributed by atoms with Crippen molar-refractivity contribution >= 4 is 23.2 Å². The minimum Gasteiger partial charge on any atom is -0.442 e. The van der Waals surface area contributed by atoms with Crippen LogP contribution in [0.1, 0.15) is 37.5 Å². The van der Waals surface area contributed by atoms with Gasteiger partial charge in [0.05, 0.1) is 5.56 Å². The summed E-state index contributed by atoms with van der Waals surface area (Å²) in [4.78, 5) is 26.7. The van der Waals surface area contributed by atoms with Crippen molar-refractivity contribution in [3.63, 3.8) is 0 Å². The molecule has 2 aromatic rings. The van der Waals surface area contributed by atoms with Gasteiger partial charge in [0.2, 0.25) is 12.0 Å². The van der Waals surface area contributed by atoms with Crippen LogP contribution in [0, 0.1) is 6.92 Å². The number of alkyl halides is 3. The Labute approximate surface area is 132 Å². The highest BCUT2D eigenvalue weighted by atomic mass is 32.1. The Morgan fingerprint density at radius 2 is 1.96 bits per heavy atom. The molecule has 0 aliphatic rings. The van der Waals surface area contributed by atoms with Gasteiger partial charge in [0.1, 0.15) is 5.01 Å². The SMILES string of the molecule is Cc1csc([C@H](OC(=O)c2cccc(C(N)=O)c2)C(F)(F)F)n1. The molecular formula is C14H11F3N2O3S. The third-order valence-corrected chi connectivity index (χ3v) is 3.77. The summed E-state index contributed by atoms with van der Waals surface area (Å²) in [5.41, 5.74) is 5.25. The van der Waals surface area contributed by atoms with Crippen molar-refractivity contribution in [1.82, 2.24) is 4.98 Å². The summed E-state index contributed by atoms with van der Waals surface area (Å²) in [7, 11) is 0. The molecule has 0 fully saturated rings.